The maximum Gasteiger partial charge on any atom is 0.308 e. The number of hydrogen-bond acceptors (Lipinski definition) is 17. The Kier molecular flexibility index (Phi) is 31.2. The van der Waals surface area contributed by atoms with E-state index < -0.39 is 5.60 Å². The third-order valence-electron chi connectivity index (χ3n) is 10.5. The minimum Gasteiger partial charge on any atom is -0.460 e. The number of anilines is 2. The van der Waals surface area contributed by atoms with Crippen LogP contribution in [0, 0.1) is 11.3 Å². The molecule has 0 amide bonds. The molecule has 0 atom stereocenters. The van der Waals surface area contributed by atoms with Crippen molar-refractivity contribution in [3.8, 4) is 6.07 Å². The Labute approximate surface area is 431 Å². The number of carbonyl (C=O) groups excluding carboxylic acids is 1. The number of rotatable bonds is 42. The van der Waals surface area contributed by atoms with Crippen LogP contribution in [0.1, 0.15) is 71.2 Å². The quantitative estimate of drug-likeness (QED) is 0.0196. The monoisotopic (exact) mass is 1020 g/mol. The zero-order valence-electron chi connectivity index (χ0n) is 43.8. The molecule has 406 valence electrons. The molecule has 0 fully saturated rings. The van der Waals surface area contributed by atoms with Crippen molar-refractivity contribution in [1.29, 1.82) is 5.26 Å². The van der Waals surface area contributed by atoms with Crippen LogP contribution < -0.4 is 16.4 Å². The van der Waals surface area contributed by atoms with Gasteiger partial charge in [-0.25, -0.2) is 9.97 Å². The summed E-state index contributed by atoms with van der Waals surface area (Å²) in [5.74, 6) is 1.85. The van der Waals surface area contributed by atoms with Crippen LogP contribution in [0.5, 0.6) is 0 Å². The molecule has 2 aromatic carbocycles. The second-order valence-corrected chi connectivity index (χ2v) is 17.6. The Morgan fingerprint density at radius 2 is 1.22 bits per heavy atom. The number of pyridine rings is 1. The average molecular weight is 1020 g/mol. The van der Waals surface area contributed by atoms with E-state index in [9.17, 15) is 10.1 Å². The number of benzene rings is 2. The maximum atomic E-state index is 11.6. The number of ether oxygens (including phenoxy) is 11. The van der Waals surface area contributed by atoms with Gasteiger partial charge < -0.3 is 73.0 Å². The van der Waals surface area contributed by atoms with Crippen LogP contribution in [-0.4, -0.2) is 177 Å². The molecule has 0 aliphatic carbocycles. The van der Waals surface area contributed by atoms with E-state index in [1.807, 2.05) is 51.1 Å². The topological polar surface area (TPSA) is 236 Å². The number of para-hydroxylation sites is 1. The largest absolute Gasteiger partial charge is 0.460 e. The molecule has 0 aliphatic heterocycles. The van der Waals surface area contributed by atoms with Gasteiger partial charge in [0.15, 0.2) is 11.8 Å². The van der Waals surface area contributed by atoms with Crippen LogP contribution in [0.2, 0.25) is 0 Å². The molecule has 20 nitrogen and oxygen atoms in total. The zero-order chi connectivity index (χ0) is 52.0. The van der Waals surface area contributed by atoms with E-state index in [-0.39, 0.29) is 12.4 Å². The smallest absolute Gasteiger partial charge is 0.308 e. The average Bonchev–Trinajstić information content (AvgIpc) is 3.75. The lowest BCUT2D eigenvalue weighted by molar-refractivity contribution is -0.156. The number of esters is 1. The first-order valence-electron chi connectivity index (χ1n) is 25.8. The van der Waals surface area contributed by atoms with Crippen LogP contribution in [-0.2, 0) is 69.9 Å². The Hall–Kier alpha value is -5.05. The van der Waals surface area contributed by atoms with Crippen molar-refractivity contribution < 1.29 is 56.9 Å². The highest BCUT2D eigenvalue weighted by atomic mass is 16.6. The van der Waals surface area contributed by atoms with E-state index in [1.165, 1.54) is 0 Å². The lowest BCUT2D eigenvalue weighted by Crippen LogP contribution is -2.34. The summed E-state index contributed by atoms with van der Waals surface area (Å²) >= 11 is 0. The summed E-state index contributed by atoms with van der Waals surface area (Å²) in [4.78, 5) is 26.1. The molecular formula is C53H82N8O12. The molecule has 73 heavy (non-hydrogen) atoms. The van der Waals surface area contributed by atoms with E-state index in [0.717, 1.165) is 72.1 Å². The molecule has 0 unspecified atom stereocenters. The number of aliphatic imine (C=N–C) groups is 1. The first-order valence-corrected chi connectivity index (χ1v) is 25.8. The maximum absolute atomic E-state index is 11.6. The van der Waals surface area contributed by atoms with Crippen LogP contribution in [0.4, 0.5) is 11.5 Å². The van der Waals surface area contributed by atoms with Gasteiger partial charge in [0, 0.05) is 37.1 Å². The SMILES string of the molecule is CCCCc1nc2c(N)nc3ccccc3c2n1CCCCN=C(NCCOCCOCCOCCOCCOCCOCCOCCOCCOCCOCCC(=O)OC(C)(C)C)Nc1cccc(C#N)c1. The van der Waals surface area contributed by atoms with Crippen LogP contribution in [0.15, 0.2) is 53.5 Å². The van der Waals surface area contributed by atoms with Crippen LogP contribution >= 0.6 is 0 Å². The number of fused-ring (bicyclic) bond motifs is 3. The number of nitrogens with two attached hydrogens (primary N) is 1. The number of carbonyl (C=O) groups is 1. The van der Waals surface area contributed by atoms with Gasteiger partial charge in [0.25, 0.3) is 0 Å². The number of nitrogen functional groups attached to an aromatic ring is 1. The van der Waals surface area contributed by atoms with Gasteiger partial charge in [-0.1, -0.05) is 37.6 Å². The molecule has 2 heterocycles. The summed E-state index contributed by atoms with van der Waals surface area (Å²) in [5.41, 5.74) is 9.95. The number of nitrogens with one attached hydrogen (secondary N) is 2. The predicted molar refractivity (Wildman–Crippen MR) is 281 cm³/mol. The Bertz CT molecular complexity index is 2180. The molecule has 0 aliphatic rings. The second-order valence-electron chi connectivity index (χ2n) is 17.6. The van der Waals surface area contributed by atoms with Crippen molar-refractivity contribution in [3.05, 3.63) is 59.9 Å². The van der Waals surface area contributed by atoms with E-state index in [0.29, 0.717) is 163 Å². The summed E-state index contributed by atoms with van der Waals surface area (Å²) in [7, 11) is 0. The second kappa shape index (κ2) is 37.6. The summed E-state index contributed by atoms with van der Waals surface area (Å²) in [6, 6.07) is 17.6. The summed E-state index contributed by atoms with van der Waals surface area (Å²) < 4.78 is 63.1. The molecule has 4 rings (SSSR count). The van der Waals surface area contributed by atoms with Gasteiger partial charge in [-0.05, 0) is 64.3 Å². The van der Waals surface area contributed by atoms with Gasteiger partial charge in [0.2, 0.25) is 0 Å². The van der Waals surface area contributed by atoms with Crippen molar-refractivity contribution in [3.63, 3.8) is 0 Å². The van der Waals surface area contributed by atoms with Gasteiger partial charge in [-0.2, -0.15) is 5.26 Å². The molecule has 4 aromatic rings. The minimum atomic E-state index is -0.485. The predicted octanol–water partition coefficient (Wildman–Crippen LogP) is 6.12. The third kappa shape index (κ3) is 26.6. The highest BCUT2D eigenvalue weighted by molar-refractivity contribution is 6.06. The lowest BCUT2D eigenvalue weighted by atomic mass is 10.2. The van der Waals surface area contributed by atoms with Gasteiger partial charge >= 0.3 is 5.97 Å². The number of aryl methyl sites for hydroxylation is 2. The molecular weight excluding hydrogens is 941 g/mol. The van der Waals surface area contributed by atoms with E-state index in [1.54, 1.807) is 12.1 Å². The normalized spacial score (nSPS) is 12.0. The summed E-state index contributed by atoms with van der Waals surface area (Å²) in [6.07, 6.45) is 4.98. The standard InChI is InChI=1S/C53H82N8O12/c1-5-6-16-47-60-49-50(45-14-7-8-15-46(45)59-51(49)55)61(47)20-10-9-18-56-52(58-44-13-11-12-43(41-44)42-54)57-19-22-64-24-26-66-28-30-68-32-34-70-36-38-72-40-39-71-37-35-69-33-31-67-29-27-65-25-23-63-21-17-48(62)73-53(2,3)4/h7-8,11-15,41H,5-6,9-10,16-40H2,1-4H3,(H2,55,59)(H2,56,57,58). The van der Waals surface area contributed by atoms with Gasteiger partial charge in [0.05, 0.1) is 161 Å². The number of guanidine groups is 1. The Morgan fingerprint density at radius 1 is 0.685 bits per heavy atom. The number of nitriles is 1. The fourth-order valence-electron chi connectivity index (χ4n) is 7.06. The minimum absolute atomic E-state index is 0.223. The molecule has 20 heteroatoms. The Balaban J connectivity index is 0.937. The number of nitrogens with zero attached hydrogens (tertiary/aromatic N) is 5. The highest BCUT2D eigenvalue weighted by Crippen LogP contribution is 2.29. The Morgan fingerprint density at radius 3 is 1.75 bits per heavy atom. The van der Waals surface area contributed by atoms with Crippen molar-refractivity contribution in [1.82, 2.24) is 19.9 Å². The number of hydrogen-bond donors (Lipinski definition) is 3. The number of unbranched alkanes of at least 4 members (excludes halogenated alkanes) is 2. The fraction of sp³-hybridized carbons (Fsp3) is 0.642. The zero-order valence-corrected chi connectivity index (χ0v) is 43.8. The number of imidazole rings is 1. The molecule has 0 radical (unpaired) electrons. The number of aromatic nitrogens is 3. The highest BCUT2D eigenvalue weighted by Gasteiger charge is 2.18. The molecule has 4 N–H and O–H groups in total. The van der Waals surface area contributed by atoms with Gasteiger partial charge in [-0.3, -0.25) is 9.79 Å². The third-order valence-corrected chi connectivity index (χ3v) is 10.5. The molecule has 2 aromatic heterocycles. The van der Waals surface area contributed by atoms with Crippen LogP contribution in [0.3, 0.4) is 0 Å². The van der Waals surface area contributed by atoms with E-state index in [4.69, 9.17) is 67.8 Å². The van der Waals surface area contributed by atoms with Crippen molar-refractivity contribution in [2.75, 3.05) is 156 Å². The van der Waals surface area contributed by atoms with Gasteiger partial charge in [-0.15, -0.1) is 0 Å². The molecule has 0 spiro atoms. The first-order chi connectivity index (χ1) is 35.7. The molecule has 0 saturated carbocycles. The van der Waals surface area contributed by atoms with Crippen molar-refractivity contribution in [2.24, 2.45) is 4.99 Å². The van der Waals surface area contributed by atoms with Gasteiger partial charge in [0.1, 0.15) is 16.9 Å². The van der Waals surface area contributed by atoms with E-state index >= 15 is 0 Å². The first kappa shape index (κ1) is 60.5. The van der Waals surface area contributed by atoms with E-state index in [2.05, 4.69) is 39.2 Å². The molecule has 0 saturated heterocycles. The summed E-state index contributed by atoms with van der Waals surface area (Å²) in [5, 5.41) is 17.2. The summed E-state index contributed by atoms with van der Waals surface area (Å²) in [6.45, 7) is 18.7. The lowest BCUT2D eigenvalue weighted by Gasteiger charge is -2.19. The molecule has 0 bridgehead atoms. The fourth-order valence-corrected chi connectivity index (χ4v) is 7.06. The van der Waals surface area contributed by atoms with Crippen LogP contribution in [0.25, 0.3) is 21.9 Å². The van der Waals surface area contributed by atoms with Crippen molar-refractivity contribution >= 4 is 45.4 Å². The van der Waals surface area contributed by atoms with Crippen molar-refractivity contribution in [2.45, 2.75) is 78.4 Å².